The Morgan fingerprint density at radius 3 is 2.58 bits per heavy atom. The second-order valence-corrected chi connectivity index (χ2v) is 9.21. The van der Waals surface area contributed by atoms with Crippen molar-refractivity contribution in [1.82, 2.24) is 0 Å². The molecule has 0 aliphatic carbocycles. The Hall–Kier alpha value is -3.07. The van der Waals surface area contributed by atoms with Gasteiger partial charge in [0.1, 0.15) is 23.5 Å². The van der Waals surface area contributed by atoms with Gasteiger partial charge in [0.05, 0.1) is 24.9 Å². The summed E-state index contributed by atoms with van der Waals surface area (Å²) in [4.78, 5) is 31.6. The Labute approximate surface area is 204 Å². The minimum Gasteiger partial charge on any atom is -0.496 e. The number of amidine groups is 1. The van der Waals surface area contributed by atoms with Gasteiger partial charge in [-0.2, -0.15) is 0 Å². The van der Waals surface area contributed by atoms with Crippen LogP contribution in [0.5, 0.6) is 11.5 Å². The Bertz CT molecular complexity index is 1260. The lowest BCUT2D eigenvalue weighted by Crippen LogP contribution is -2.30. The van der Waals surface area contributed by atoms with Crippen LogP contribution in [-0.4, -0.2) is 31.6 Å². The number of aliphatic imine (C=N–C) groups is 1. The van der Waals surface area contributed by atoms with E-state index in [0.29, 0.717) is 44.4 Å². The summed E-state index contributed by atoms with van der Waals surface area (Å²) >= 11 is 9.23. The molecule has 33 heavy (non-hydrogen) atoms. The van der Waals surface area contributed by atoms with Gasteiger partial charge in [0.15, 0.2) is 5.17 Å². The molecule has 4 rings (SSSR count). The molecule has 0 spiro atoms. The van der Waals surface area contributed by atoms with Crippen molar-refractivity contribution in [2.45, 2.75) is 5.75 Å². The molecule has 1 amide bonds. The summed E-state index contributed by atoms with van der Waals surface area (Å²) in [6, 6.07) is 14.2. The van der Waals surface area contributed by atoms with Gasteiger partial charge in [0, 0.05) is 21.8 Å². The van der Waals surface area contributed by atoms with Gasteiger partial charge < -0.3 is 9.47 Å². The molecule has 0 fully saturated rings. The topological polar surface area (TPSA) is 68.2 Å². The maximum Gasteiger partial charge on any atom is 0.283 e. The van der Waals surface area contributed by atoms with Crippen molar-refractivity contribution in [2.24, 2.45) is 4.99 Å². The largest absolute Gasteiger partial charge is 0.496 e. The Morgan fingerprint density at radius 2 is 1.91 bits per heavy atom. The first kappa shape index (κ1) is 23.1. The highest BCUT2D eigenvalue weighted by molar-refractivity contribution is 8.13. The van der Waals surface area contributed by atoms with Gasteiger partial charge in [-0.3, -0.25) is 14.5 Å². The molecule has 168 valence electrons. The van der Waals surface area contributed by atoms with E-state index in [0.717, 1.165) is 16.7 Å². The number of ether oxygens (including phenoxy) is 2. The molecular weight excluding hydrogens is 480 g/mol. The van der Waals surface area contributed by atoms with Gasteiger partial charge in [-0.05, 0) is 53.9 Å². The van der Waals surface area contributed by atoms with Crippen LogP contribution in [-0.2, 0) is 10.5 Å². The van der Waals surface area contributed by atoms with Crippen LogP contribution in [0.4, 0.5) is 5.69 Å². The number of carbonyl (C=O) groups excluding carboxylic acids is 2. The number of nitrogens with zero attached hydrogens (tertiary/aromatic N) is 2. The van der Waals surface area contributed by atoms with Crippen molar-refractivity contribution in [3.05, 3.63) is 80.6 Å². The van der Waals surface area contributed by atoms with Crippen LogP contribution in [0.1, 0.15) is 20.8 Å². The molecule has 1 aromatic heterocycles. The fourth-order valence-electron chi connectivity index (χ4n) is 3.25. The van der Waals surface area contributed by atoms with E-state index in [9.17, 15) is 9.59 Å². The summed E-state index contributed by atoms with van der Waals surface area (Å²) in [5.74, 6) is 1.37. The SMILES string of the molecule is COc1ccc(N2C(=O)/C(=C\c3cccs3)N=C2SCc2cc(C=O)ccc2OC)cc1Cl. The number of thioether (sulfide) groups is 1. The number of halogens is 1. The van der Waals surface area contributed by atoms with Crippen LogP contribution >= 0.6 is 34.7 Å². The molecule has 0 bridgehead atoms. The Morgan fingerprint density at radius 1 is 1.12 bits per heavy atom. The maximum atomic E-state index is 13.3. The highest BCUT2D eigenvalue weighted by Crippen LogP contribution is 2.36. The summed E-state index contributed by atoms with van der Waals surface area (Å²) in [5, 5.41) is 2.84. The summed E-state index contributed by atoms with van der Waals surface area (Å²) in [6.45, 7) is 0. The zero-order valence-electron chi connectivity index (χ0n) is 17.8. The van der Waals surface area contributed by atoms with Crippen molar-refractivity contribution < 1.29 is 19.1 Å². The third-order valence-electron chi connectivity index (χ3n) is 4.84. The molecule has 9 heteroatoms. The van der Waals surface area contributed by atoms with E-state index in [4.69, 9.17) is 21.1 Å². The number of hydrogen-bond donors (Lipinski definition) is 0. The van der Waals surface area contributed by atoms with E-state index in [1.807, 2.05) is 17.5 Å². The van der Waals surface area contributed by atoms with E-state index < -0.39 is 0 Å². The van der Waals surface area contributed by atoms with Crippen LogP contribution in [0, 0.1) is 0 Å². The van der Waals surface area contributed by atoms with Crippen molar-refractivity contribution in [3.63, 3.8) is 0 Å². The number of rotatable bonds is 7. The molecular formula is C24H19ClN2O4S2. The zero-order chi connectivity index (χ0) is 23.4. The molecule has 0 saturated heterocycles. The maximum absolute atomic E-state index is 13.3. The van der Waals surface area contributed by atoms with Gasteiger partial charge in [-0.15, -0.1) is 11.3 Å². The second-order valence-electron chi connectivity index (χ2n) is 6.88. The van der Waals surface area contributed by atoms with Gasteiger partial charge in [-0.1, -0.05) is 29.4 Å². The lowest BCUT2D eigenvalue weighted by atomic mass is 10.1. The molecule has 0 unspecified atom stereocenters. The second kappa shape index (κ2) is 10.2. The van der Waals surface area contributed by atoms with Crippen LogP contribution in [0.15, 0.2) is 64.6 Å². The predicted octanol–water partition coefficient (Wildman–Crippen LogP) is 5.91. The number of thiophene rings is 1. The first-order valence-corrected chi connectivity index (χ1v) is 12.0. The molecule has 1 aliphatic rings. The number of anilines is 1. The predicted molar refractivity (Wildman–Crippen MR) is 135 cm³/mol. The van der Waals surface area contributed by atoms with Crippen LogP contribution < -0.4 is 14.4 Å². The lowest BCUT2D eigenvalue weighted by molar-refractivity contribution is -0.113. The first-order valence-electron chi connectivity index (χ1n) is 9.81. The van der Waals surface area contributed by atoms with Crippen LogP contribution in [0.2, 0.25) is 5.02 Å². The standard InChI is InChI=1S/C24H19ClN2O4S2/c1-30-21-7-5-15(13-28)10-16(21)14-33-24-26-20(12-18-4-3-9-32-18)23(29)27(24)17-6-8-22(31-2)19(25)11-17/h3-13H,14H2,1-2H3/b20-12+. The average Bonchev–Trinajstić information content (AvgIpc) is 3.45. The van der Waals surface area contributed by atoms with Crippen molar-refractivity contribution >= 4 is 63.8 Å². The molecule has 2 heterocycles. The van der Waals surface area contributed by atoms with E-state index in [2.05, 4.69) is 4.99 Å². The van der Waals surface area contributed by atoms with Crippen molar-refractivity contribution in [1.29, 1.82) is 0 Å². The molecule has 3 aromatic rings. The molecule has 2 aromatic carbocycles. The van der Waals surface area contributed by atoms with Crippen molar-refractivity contribution in [2.75, 3.05) is 19.1 Å². The van der Waals surface area contributed by atoms with E-state index in [1.165, 1.54) is 35.1 Å². The van der Waals surface area contributed by atoms with Crippen LogP contribution in [0.25, 0.3) is 6.08 Å². The zero-order valence-corrected chi connectivity index (χ0v) is 20.2. The monoisotopic (exact) mass is 498 g/mol. The number of benzene rings is 2. The van der Waals surface area contributed by atoms with Gasteiger partial charge in [-0.25, -0.2) is 4.99 Å². The Kier molecular flexibility index (Phi) is 7.17. The summed E-state index contributed by atoms with van der Waals surface area (Å²) in [5.41, 5.74) is 2.29. The quantitative estimate of drug-likeness (QED) is 0.299. The van der Waals surface area contributed by atoms with Crippen molar-refractivity contribution in [3.8, 4) is 11.5 Å². The normalized spacial score (nSPS) is 14.5. The van der Waals surface area contributed by atoms with E-state index in [1.54, 1.807) is 49.6 Å². The fraction of sp³-hybridized carbons (Fsp3) is 0.125. The highest BCUT2D eigenvalue weighted by Gasteiger charge is 2.32. The van der Waals surface area contributed by atoms with Gasteiger partial charge >= 0.3 is 0 Å². The number of methoxy groups -OCH3 is 2. The number of hydrogen-bond acceptors (Lipinski definition) is 7. The molecule has 0 saturated carbocycles. The summed E-state index contributed by atoms with van der Waals surface area (Å²) in [6.07, 6.45) is 2.56. The number of aldehydes is 1. The highest BCUT2D eigenvalue weighted by atomic mass is 35.5. The van der Waals surface area contributed by atoms with Gasteiger partial charge in [0.25, 0.3) is 5.91 Å². The first-order chi connectivity index (χ1) is 16.0. The molecule has 1 aliphatic heterocycles. The minimum absolute atomic E-state index is 0.249. The number of amides is 1. The number of carbonyl (C=O) groups is 2. The summed E-state index contributed by atoms with van der Waals surface area (Å²) < 4.78 is 10.7. The molecule has 0 atom stereocenters. The summed E-state index contributed by atoms with van der Waals surface area (Å²) in [7, 11) is 3.11. The fourth-order valence-corrected chi connectivity index (χ4v) is 5.14. The van der Waals surface area contributed by atoms with E-state index in [-0.39, 0.29) is 5.91 Å². The molecule has 0 N–H and O–H groups in total. The average molecular weight is 499 g/mol. The third-order valence-corrected chi connectivity index (χ3v) is 6.94. The Balaban J connectivity index is 1.69. The van der Waals surface area contributed by atoms with Gasteiger partial charge in [0.2, 0.25) is 0 Å². The minimum atomic E-state index is -0.249. The van der Waals surface area contributed by atoms with Crippen LogP contribution in [0.3, 0.4) is 0 Å². The lowest BCUT2D eigenvalue weighted by Gasteiger charge is -2.19. The smallest absolute Gasteiger partial charge is 0.283 e. The van der Waals surface area contributed by atoms with E-state index >= 15 is 0 Å². The molecule has 0 radical (unpaired) electrons. The third kappa shape index (κ3) is 4.98. The molecule has 6 nitrogen and oxygen atoms in total.